The Morgan fingerprint density at radius 3 is 2.60 bits per heavy atom. The standard InChI is InChI=1S/C14H22N2O3S/c1-19-14-8-4-3-7-13(14)9-10-15-20(17,18)16-11-5-2-6-12-16/h3-4,7-8,15H,2,5-6,9-12H2,1H3. The second kappa shape index (κ2) is 7.06. The number of rotatable bonds is 6. The van der Waals surface area contributed by atoms with Crippen molar-refractivity contribution in [3.63, 3.8) is 0 Å². The van der Waals surface area contributed by atoms with Crippen LogP contribution in [0.2, 0.25) is 0 Å². The first-order valence-electron chi connectivity index (χ1n) is 7.00. The van der Waals surface area contributed by atoms with Gasteiger partial charge in [-0.25, -0.2) is 4.72 Å². The number of methoxy groups -OCH3 is 1. The van der Waals surface area contributed by atoms with Crippen LogP contribution in [0.15, 0.2) is 24.3 Å². The summed E-state index contributed by atoms with van der Waals surface area (Å²) in [7, 11) is -1.71. The Labute approximate surface area is 121 Å². The van der Waals surface area contributed by atoms with Crippen LogP contribution in [0.1, 0.15) is 24.8 Å². The molecule has 0 amide bonds. The Bertz CT molecular complexity index is 525. The van der Waals surface area contributed by atoms with Gasteiger partial charge in [0.2, 0.25) is 0 Å². The van der Waals surface area contributed by atoms with E-state index in [0.717, 1.165) is 30.6 Å². The predicted octanol–water partition coefficient (Wildman–Crippen LogP) is 1.56. The number of nitrogens with zero attached hydrogens (tertiary/aromatic N) is 1. The number of hydrogen-bond acceptors (Lipinski definition) is 3. The van der Waals surface area contributed by atoms with Crippen LogP contribution < -0.4 is 9.46 Å². The molecule has 1 aromatic rings. The summed E-state index contributed by atoms with van der Waals surface area (Å²) in [5.41, 5.74) is 1.01. The molecular weight excluding hydrogens is 276 g/mol. The van der Waals surface area contributed by atoms with E-state index in [9.17, 15) is 8.42 Å². The minimum Gasteiger partial charge on any atom is -0.496 e. The van der Waals surface area contributed by atoms with Gasteiger partial charge in [-0.2, -0.15) is 12.7 Å². The summed E-state index contributed by atoms with van der Waals surface area (Å²) in [6.45, 7) is 1.65. The van der Waals surface area contributed by atoms with Crippen molar-refractivity contribution in [2.24, 2.45) is 0 Å². The lowest BCUT2D eigenvalue weighted by atomic mass is 10.1. The van der Waals surface area contributed by atoms with Gasteiger partial charge in [-0.1, -0.05) is 24.6 Å². The molecule has 0 radical (unpaired) electrons. The summed E-state index contributed by atoms with van der Waals surface area (Å²) in [4.78, 5) is 0. The molecule has 1 saturated heterocycles. The molecule has 0 saturated carbocycles. The summed E-state index contributed by atoms with van der Waals surface area (Å²) in [6.07, 6.45) is 3.64. The zero-order valence-electron chi connectivity index (χ0n) is 11.8. The molecule has 0 aliphatic carbocycles. The first-order chi connectivity index (χ1) is 9.63. The van der Waals surface area contributed by atoms with E-state index in [1.54, 1.807) is 11.4 Å². The zero-order chi connectivity index (χ0) is 14.4. The van der Waals surface area contributed by atoms with Gasteiger partial charge in [0.15, 0.2) is 0 Å². The van der Waals surface area contributed by atoms with E-state index < -0.39 is 10.2 Å². The first-order valence-corrected chi connectivity index (χ1v) is 8.44. The largest absolute Gasteiger partial charge is 0.496 e. The lowest BCUT2D eigenvalue weighted by Crippen LogP contribution is -2.43. The molecule has 5 nitrogen and oxygen atoms in total. The average molecular weight is 298 g/mol. The van der Waals surface area contributed by atoms with Crippen LogP contribution in [0.3, 0.4) is 0 Å². The van der Waals surface area contributed by atoms with Gasteiger partial charge >= 0.3 is 0 Å². The topological polar surface area (TPSA) is 58.6 Å². The molecule has 20 heavy (non-hydrogen) atoms. The van der Waals surface area contributed by atoms with E-state index >= 15 is 0 Å². The smallest absolute Gasteiger partial charge is 0.279 e. The fraction of sp³-hybridized carbons (Fsp3) is 0.571. The van der Waals surface area contributed by atoms with Crippen LogP contribution in [0.4, 0.5) is 0 Å². The van der Waals surface area contributed by atoms with Crippen molar-refractivity contribution < 1.29 is 13.2 Å². The van der Waals surface area contributed by atoms with Crippen LogP contribution in [0.5, 0.6) is 5.75 Å². The maximum Gasteiger partial charge on any atom is 0.279 e. The van der Waals surface area contributed by atoms with Crippen molar-refractivity contribution in [1.29, 1.82) is 0 Å². The van der Waals surface area contributed by atoms with Crippen LogP contribution in [-0.2, 0) is 16.6 Å². The molecule has 1 aromatic carbocycles. The minimum absolute atomic E-state index is 0.388. The third-order valence-corrected chi connectivity index (χ3v) is 5.14. The molecule has 0 unspecified atom stereocenters. The van der Waals surface area contributed by atoms with E-state index in [1.165, 1.54) is 0 Å². The van der Waals surface area contributed by atoms with Gasteiger partial charge in [0.05, 0.1) is 7.11 Å². The number of nitrogens with one attached hydrogen (secondary N) is 1. The number of benzene rings is 1. The normalized spacial score (nSPS) is 17.1. The quantitative estimate of drug-likeness (QED) is 0.867. The molecular formula is C14H22N2O3S. The lowest BCUT2D eigenvalue weighted by molar-refractivity contribution is 0.342. The van der Waals surface area contributed by atoms with Crippen molar-refractivity contribution in [3.05, 3.63) is 29.8 Å². The number of para-hydroxylation sites is 1. The molecule has 1 heterocycles. The van der Waals surface area contributed by atoms with Gasteiger partial charge in [0.1, 0.15) is 5.75 Å². The maximum atomic E-state index is 12.1. The Morgan fingerprint density at radius 2 is 1.90 bits per heavy atom. The third-order valence-electron chi connectivity index (χ3n) is 3.53. The molecule has 0 bridgehead atoms. The highest BCUT2D eigenvalue weighted by molar-refractivity contribution is 7.87. The first kappa shape index (κ1) is 15.3. The summed E-state index contributed by atoms with van der Waals surface area (Å²) in [5, 5.41) is 0. The van der Waals surface area contributed by atoms with E-state index in [-0.39, 0.29) is 0 Å². The third kappa shape index (κ3) is 3.94. The fourth-order valence-electron chi connectivity index (χ4n) is 2.42. The van der Waals surface area contributed by atoms with Crippen molar-refractivity contribution in [2.45, 2.75) is 25.7 Å². The highest BCUT2D eigenvalue weighted by Gasteiger charge is 2.22. The highest BCUT2D eigenvalue weighted by atomic mass is 32.2. The molecule has 1 N–H and O–H groups in total. The molecule has 1 aliphatic rings. The van der Waals surface area contributed by atoms with E-state index in [1.807, 2.05) is 24.3 Å². The lowest BCUT2D eigenvalue weighted by Gasteiger charge is -2.25. The Balaban J connectivity index is 1.88. The number of ether oxygens (including phenoxy) is 1. The van der Waals surface area contributed by atoms with E-state index in [4.69, 9.17) is 4.74 Å². The second-order valence-electron chi connectivity index (χ2n) is 4.92. The van der Waals surface area contributed by atoms with Gasteiger partial charge in [0.25, 0.3) is 10.2 Å². The van der Waals surface area contributed by atoms with Gasteiger partial charge < -0.3 is 4.74 Å². The maximum absolute atomic E-state index is 12.1. The molecule has 1 fully saturated rings. The minimum atomic E-state index is -3.33. The van der Waals surface area contributed by atoms with E-state index in [2.05, 4.69) is 4.72 Å². The van der Waals surface area contributed by atoms with Crippen molar-refractivity contribution in [3.8, 4) is 5.75 Å². The second-order valence-corrected chi connectivity index (χ2v) is 6.68. The predicted molar refractivity (Wildman–Crippen MR) is 79.0 cm³/mol. The molecule has 0 atom stereocenters. The van der Waals surface area contributed by atoms with Crippen molar-refractivity contribution in [1.82, 2.24) is 9.03 Å². The Hall–Kier alpha value is -1.11. The van der Waals surface area contributed by atoms with Crippen LogP contribution in [0.25, 0.3) is 0 Å². The average Bonchev–Trinajstić information content (AvgIpc) is 2.48. The summed E-state index contributed by atoms with van der Waals surface area (Å²) < 4.78 is 33.7. The monoisotopic (exact) mass is 298 g/mol. The van der Waals surface area contributed by atoms with Gasteiger partial charge in [-0.05, 0) is 30.9 Å². The van der Waals surface area contributed by atoms with Gasteiger partial charge in [-0.3, -0.25) is 0 Å². The summed E-state index contributed by atoms with van der Waals surface area (Å²) in [6, 6.07) is 7.67. The Kier molecular flexibility index (Phi) is 5.39. The summed E-state index contributed by atoms with van der Waals surface area (Å²) >= 11 is 0. The molecule has 0 spiro atoms. The highest BCUT2D eigenvalue weighted by Crippen LogP contribution is 2.17. The molecule has 112 valence electrons. The molecule has 2 rings (SSSR count). The van der Waals surface area contributed by atoms with Crippen LogP contribution in [-0.4, -0.2) is 39.5 Å². The van der Waals surface area contributed by atoms with E-state index in [0.29, 0.717) is 26.1 Å². The van der Waals surface area contributed by atoms with Gasteiger partial charge in [-0.15, -0.1) is 0 Å². The van der Waals surface area contributed by atoms with Crippen molar-refractivity contribution >= 4 is 10.2 Å². The van der Waals surface area contributed by atoms with Crippen molar-refractivity contribution in [2.75, 3.05) is 26.7 Å². The van der Waals surface area contributed by atoms with Gasteiger partial charge in [0, 0.05) is 19.6 Å². The number of piperidine rings is 1. The molecule has 1 aliphatic heterocycles. The fourth-order valence-corrected chi connectivity index (χ4v) is 3.70. The SMILES string of the molecule is COc1ccccc1CCNS(=O)(=O)N1CCCCC1. The zero-order valence-corrected chi connectivity index (χ0v) is 12.7. The number of hydrogen-bond donors (Lipinski definition) is 1. The Morgan fingerprint density at radius 1 is 1.20 bits per heavy atom. The van der Waals surface area contributed by atoms with Crippen LogP contribution in [0, 0.1) is 0 Å². The molecule has 0 aromatic heterocycles. The molecule has 6 heteroatoms. The summed E-state index contributed by atoms with van der Waals surface area (Å²) in [5.74, 6) is 0.796. The van der Waals surface area contributed by atoms with Crippen LogP contribution >= 0.6 is 0 Å².